The number of non-ortho nitro benzene ring substituents is 1. The molecule has 4 rings (SSSR count). The highest BCUT2D eigenvalue weighted by atomic mass is 35.5. The molecule has 0 saturated carbocycles. The largest absolute Gasteiger partial charge is 0.478 e. The molecule has 0 aliphatic heterocycles. The second kappa shape index (κ2) is 8.41. The zero-order chi connectivity index (χ0) is 22.1. The van der Waals surface area contributed by atoms with Gasteiger partial charge in [0.25, 0.3) is 11.2 Å². The van der Waals surface area contributed by atoms with E-state index in [1.165, 1.54) is 40.7 Å². The maximum atomic E-state index is 12.3. The van der Waals surface area contributed by atoms with E-state index >= 15 is 0 Å². The van der Waals surface area contributed by atoms with E-state index in [2.05, 4.69) is 15.3 Å². The molecule has 0 saturated heterocycles. The van der Waals surface area contributed by atoms with Crippen molar-refractivity contribution in [3.05, 3.63) is 79.3 Å². The van der Waals surface area contributed by atoms with Crippen molar-refractivity contribution in [3.63, 3.8) is 0 Å². The second-order valence-electron chi connectivity index (χ2n) is 6.14. The Balaban J connectivity index is 1.56. The fourth-order valence-corrected chi connectivity index (χ4v) is 4.90. The first-order valence-electron chi connectivity index (χ1n) is 8.48. The van der Waals surface area contributed by atoms with Crippen molar-refractivity contribution in [3.8, 4) is 5.69 Å². The third-order valence-corrected chi connectivity index (χ3v) is 6.61. The van der Waals surface area contributed by atoms with Crippen LogP contribution < -0.4 is 5.56 Å². The summed E-state index contributed by atoms with van der Waals surface area (Å²) in [6, 6.07) is 8.71. The molecule has 13 heteroatoms. The lowest BCUT2D eigenvalue weighted by molar-refractivity contribution is -0.382. The second-order valence-corrected chi connectivity index (χ2v) is 8.80. The van der Waals surface area contributed by atoms with E-state index in [0.29, 0.717) is 21.5 Å². The molecule has 2 aromatic carbocycles. The van der Waals surface area contributed by atoms with Crippen LogP contribution in [0.3, 0.4) is 0 Å². The summed E-state index contributed by atoms with van der Waals surface area (Å²) in [5.41, 5.74) is 0.537. The molecule has 0 radical (unpaired) electrons. The minimum atomic E-state index is -1.02. The normalized spacial score (nSPS) is 11.0. The van der Waals surface area contributed by atoms with Gasteiger partial charge in [-0.1, -0.05) is 28.6 Å². The average molecular weight is 476 g/mol. The first-order valence-corrected chi connectivity index (χ1v) is 10.7. The molecule has 2 aromatic heterocycles. The molecular formula is C18H10ClN5O5S2. The number of carbonyl (C=O) groups is 1. The number of aromatic nitrogens is 4. The van der Waals surface area contributed by atoms with Crippen molar-refractivity contribution < 1.29 is 14.8 Å². The van der Waals surface area contributed by atoms with Gasteiger partial charge < -0.3 is 5.11 Å². The lowest BCUT2D eigenvalue weighted by Crippen LogP contribution is -2.06. The van der Waals surface area contributed by atoms with Gasteiger partial charge in [-0.25, -0.2) is 9.48 Å². The van der Waals surface area contributed by atoms with Gasteiger partial charge in [-0.15, -0.1) is 16.4 Å². The van der Waals surface area contributed by atoms with Crippen molar-refractivity contribution >= 4 is 56.4 Å². The Labute approximate surface area is 186 Å². The lowest BCUT2D eigenvalue weighted by Gasteiger charge is -2.02. The van der Waals surface area contributed by atoms with Crippen LogP contribution in [0.2, 0.25) is 5.02 Å². The molecule has 156 valence electrons. The van der Waals surface area contributed by atoms with E-state index in [1.807, 2.05) is 0 Å². The molecule has 0 aliphatic rings. The van der Waals surface area contributed by atoms with Gasteiger partial charge in [0.15, 0.2) is 4.34 Å². The number of carboxylic acid groups (broad SMARTS) is 1. The van der Waals surface area contributed by atoms with Gasteiger partial charge in [0.05, 0.1) is 33.5 Å². The van der Waals surface area contributed by atoms with Crippen molar-refractivity contribution in [1.29, 1.82) is 0 Å². The minimum absolute atomic E-state index is 0.0960. The smallest absolute Gasteiger partial charge is 0.335 e. The van der Waals surface area contributed by atoms with Crippen LogP contribution in [0.1, 0.15) is 16.1 Å². The Morgan fingerprint density at radius 1 is 1.29 bits per heavy atom. The van der Waals surface area contributed by atoms with Gasteiger partial charge in [-0.2, -0.15) is 4.98 Å². The van der Waals surface area contributed by atoms with Crippen LogP contribution in [0.4, 0.5) is 5.69 Å². The number of thioether (sulfide) groups is 1. The van der Waals surface area contributed by atoms with Gasteiger partial charge >= 0.3 is 5.97 Å². The maximum Gasteiger partial charge on any atom is 0.335 e. The first-order chi connectivity index (χ1) is 14.8. The van der Waals surface area contributed by atoms with Crippen LogP contribution in [-0.4, -0.2) is 36.0 Å². The monoisotopic (exact) mass is 475 g/mol. The predicted molar refractivity (Wildman–Crippen MR) is 115 cm³/mol. The molecule has 2 heterocycles. The Morgan fingerprint density at radius 2 is 2.03 bits per heavy atom. The van der Waals surface area contributed by atoms with Gasteiger partial charge in [-0.3, -0.25) is 14.9 Å². The predicted octanol–water partition coefficient (Wildman–Crippen LogP) is 3.79. The minimum Gasteiger partial charge on any atom is -0.478 e. The highest BCUT2D eigenvalue weighted by Gasteiger charge is 2.18. The molecule has 0 aliphatic carbocycles. The molecule has 0 bridgehead atoms. The third kappa shape index (κ3) is 4.40. The number of carboxylic acids is 1. The summed E-state index contributed by atoms with van der Waals surface area (Å²) in [5.74, 6) is -0.699. The molecule has 0 fully saturated rings. The van der Waals surface area contributed by atoms with E-state index in [4.69, 9.17) is 16.7 Å². The maximum absolute atomic E-state index is 12.3. The number of fused-ring (bicyclic) bond motifs is 1. The fourth-order valence-electron chi connectivity index (χ4n) is 2.68. The zero-order valence-corrected chi connectivity index (χ0v) is 17.6. The first kappa shape index (κ1) is 20.9. The number of nitro groups is 1. The number of nitrogens with zero attached hydrogens (tertiary/aromatic N) is 5. The number of benzene rings is 2. The molecule has 10 nitrogen and oxygen atoms in total. The SMILES string of the molecule is O=C(O)c1ccc(-n2cc(CSc3nc(=O)c4cc(Cl)cc([N+](=O)[O-])c4s3)nn2)cc1. The van der Waals surface area contributed by atoms with Gasteiger partial charge in [0.1, 0.15) is 4.70 Å². The third-order valence-electron chi connectivity index (χ3n) is 4.11. The van der Waals surface area contributed by atoms with Gasteiger partial charge in [0, 0.05) is 16.8 Å². The van der Waals surface area contributed by atoms with E-state index in [1.54, 1.807) is 18.3 Å². The van der Waals surface area contributed by atoms with E-state index < -0.39 is 16.5 Å². The van der Waals surface area contributed by atoms with Crippen LogP contribution in [0.25, 0.3) is 15.8 Å². The van der Waals surface area contributed by atoms with Crippen LogP contribution in [-0.2, 0) is 5.75 Å². The Kier molecular flexibility index (Phi) is 5.67. The van der Waals surface area contributed by atoms with E-state index in [0.717, 1.165) is 11.3 Å². The molecule has 0 spiro atoms. The fraction of sp³-hybridized carbons (Fsp3) is 0.0556. The molecule has 31 heavy (non-hydrogen) atoms. The van der Waals surface area contributed by atoms with Gasteiger partial charge in [0.2, 0.25) is 0 Å². The standard InChI is InChI=1S/C18H10ClN5O5S2/c19-10-5-13-15(14(6-10)24(28)29)31-18(20-16(13)25)30-8-11-7-23(22-21-11)12-3-1-9(2-4-12)17(26)27/h1-7H,8H2,(H,26,27). The zero-order valence-electron chi connectivity index (χ0n) is 15.3. The van der Waals surface area contributed by atoms with Crippen LogP contribution >= 0.6 is 34.7 Å². The van der Waals surface area contributed by atoms with E-state index in [-0.39, 0.29) is 26.4 Å². The molecule has 0 atom stereocenters. The highest BCUT2D eigenvalue weighted by molar-refractivity contribution is 8.00. The molecular weight excluding hydrogens is 466 g/mol. The summed E-state index contributed by atoms with van der Waals surface area (Å²) in [7, 11) is 0. The molecule has 4 aromatic rings. The summed E-state index contributed by atoms with van der Waals surface area (Å²) in [5, 5.41) is 28.6. The van der Waals surface area contributed by atoms with Crippen LogP contribution in [0.5, 0.6) is 0 Å². The number of rotatable bonds is 6. The van der Waals surface area contributed by atoms with Crippen LogP contribution in [0.15, 0.2) is 51.7 Å². The van der Waals surface area contributed by atoms with E-state index in [9.17, 15) is 19.7 Å². The number of halogens is 1. The molecule has 0 unspecified atom stereocenters. The molecule has 0 amide bonds. The topological polar surface area (TPSA) is 141 Å². The highest BCUT2D eigenvalue weighted by Crippen LogP contribution is 2.35. The Morgan fingerprint density at radius 3 is 2.71 bits per heavy atom. The van der Waals surface area contributed by atoms with Crippen molar-refractivity contribution in [2.45, 2.75) is 10.1 Å². The Hall–Kier alpha value is -3.35. The number of nitro benzene ring substituents is 1. The quantitative estimate of drug-likeness (QED) is 0.250. The summed E-state index contributed by atoms with van der Waals surface area (Å²) in [6.45, 7) is 0. The number of hydrogen-bond acceptors (Lipinski definition) is 9. The van der Waals surface area contributed by atoms with Crippen molar-refractivity contribution in [2.75, 3.05) is 0 Å². The van der Waals surface area contributed by atoms with Crippen molar-refractivity contribution in [1.82, 2.24) is 20.0 Å². The number of hydrogen-bond donors (Lipinski definition) is 1. The Bertz CT molecular complexity index is 1390. The summed E-state index contributed by atoms with van der Waals surface area (Å²) < 4.78 is 2.05. The lowest BCUT2D eigenvalue weighted by atomic mass is 10.2. The molecule has 1 N–H and O–H groups in total. The number of aromatic carboxylic acids is 1. The average Bonchev–Trinajstić information content (AvgIpc) is 3.21. The van der Waals surface area contributed by atoms with Crippen LogP contribution in [0, 0.1) is 10.1 Å². The van der Waals surface area contributed by atoms with Gasteiger partial charge in [-0.05, 0) is 30.3 Å². The van der Waals surface area contributed by atoms with Crippen molar-refractivity contribution in [2.24, 2.45) is 0 Å². The summed E-state index contributed by atoms with van der Waals surface area (Å²) in [6.07, 6.45) is 1.66. The summed E-state index contributed by atoms with van der Waals surface area (Å²) >= 11 is 8.11. The summed E-state index contributed by atoms with van der Waals surface area (Å²) in [4.78, 5) is 38.0.